The maximum atomic E-state index is 13.3. The number of allylic oxidation sites excluding steroid dienone is 4. The molecule has 5 nitrogen and oxygen atoms in total. The zero-order valence-electron chi connectivity index (χ0n) is 21.5. The molecular formula is C33H33NO4. The Kier molecular flexibility index (Phi) is 6.80. The predicted molar refractivity (Wildman–Crippen MR) is 146 cm³/mol. The van der Waals surface area contributed by atoms with Crippen LogP contribution in [-0.2, 0) is 16.2 Å². The van der Waals surface area contributed by atoms with E-state index in [1.807, 2.05) is 54.6 Å². The maximum absolute atomic E-state index is 13.3. The van der Waals surface area contributed by atoms with Crippen LogP contribution in [0.3, 0.4) is 0 Å². The lowest BCUT2D eigenvalue weighted by Gasteiger charge is -2.57. The molecule has 7 rings (SSSR count). The third kappa shape index (κ3) is 5.00. The third-order valence-corrected chi connectivity index (χ3v) is 8.80. The number of ketones is 1. The molecule has 2 N–H and O–H groups in total. The number of nitrogens with zero attached hydrogens (tertiary/aromatic N) is 1. The summed E-state index contributed by atoms with van der Waals surface area (Å²) in [6.45, 7) is 0.257. The van der Waals surface area contributed by atoms with E-state index in [1.165, 1.54) is 24.3 Å². The summed E-state index contributed by atoms with van der Waals surface area (Å²) in [4.78, 5) is 17.4. The van der Waals surface area contributed by atoms with Gasteiger partial charge in [-0.25, -0.2) is 4.89 Å². The van der Waals surface area contributed by atoms with Crippen LogP contribution >= 0.6 is 0 Å². The number of hydrogen-bond acceptors (Lipinski definition) is 5. The van der Waals surface area contributed by atoms with Gasteiger partial charge >= 0.3 is 0 Å². The van der Waals surface area contributed by atoms with Crippen LogP contribution in [-0.4, -0.2) is 27.9 Å². The summed E-state index contributed by atoms with van der Waals surface area (Å²) < 4.78 is 0. The van der Waals surface area contributed by atoms with Crippen molar-refractivity contribution in [2.75, 3.05) is 6.61 Å². The van der Waals surface area contributed by atoms with E-state index in [0.29, 0.717) is 6.54 Å². The van der Waals surface area contributed by atoms with Crippen molar-refractivity contribution in [2.24, 2.45) is 23.2 Å². The summed E-state index contributed by atoms with van der Waals surface area (Å²) in [6, 6.07) is 15.6. The SMILES string of the molecule is O=C1C=CC(=c2ccc(C#CCOO)cc2=CN(O)Cc2ccccc2)C=C1C12CC3CC(CC(C3)C1)C2. The number of benzene rings is 2. The van der Waals surface area contributed by atoms with Crippen LogP contribution in [0, 0.1) is 35.0 Å². The molecule has 0 heterocycles. The molecule has 194 valence electrons. The van der Waals surface area contributed by atoms with E-state index in [-0.39, 0.29) is 17.8 Å². The zero-order valence-corrected chi connectivity index (χ0v) is 21.5. The molecule has 0 amide bonds. The van der Waals surface area contributed by atoms with E-state index < -0.39 is 0 Å². The smallest absolute Gasteiger partial charge is 0.182 e. The summed E-state index contributed by atoms with van der Waals surface area (Å²) in [7, 11) is 0. The van der Waals surface area contributed by atoms with Gasteiger partial charge in [-0.15, -0.1) is 0 Å². The van der Waals surface area contributed by atoms with Crippen LogP contribution in [0.25, 0.3) is 11.8 Å². The van der Waals surface area contributed by atoms with E-state index in [2.05, 4.69) is 22.8 Å². The minimum atomic E-state index is -0.0830. The van der Waals surface area contributed by atoms with Crippen LogP contribution < -0.4 is 10.4 Å². The summed E-state index contributed by atoms with van der Waals surface area (Å²) in [5.41, 5.74) is 3.70. The highest BCUT2D eigenvalue weighted by Gasteiger charge is 2.53. The van der Waals surface area contributed by atoms with Crippen molar-refractivity contribution in [1.29, 1.82) is 0 Å². The molecule has 38 heavy (non-hydrogen) atoms. The first kappa shape index (κ1) is 24.9. The van der Waals surface area contributed by atoms with Gasteiger partial charge in [-0.1, -0.05) is 54.3 Å². The molecule has 0 unspecified atom stereocenters. The van der Waals surface area contributed by atoms with E-state index in [1.54, 1.807) is 12.3 Å². The van der Waals surface area contributed by atoms with Crippen molar-refractivity contribution in [2.45, 2.75) is 45.1 Å². The molecular weight excluding hydrogens is 474 g/mol. The standard InChI is InChI=1S/C33H33NO4/c35-32-11-9-28(17-31(32)33-18-25-13-26(19-33)15-27(14-25)20-33)30-10-8-23(7-4-12-38-37)16-29(30)22-34(36)21-24-5-2-1-3-6-24/h1-3,5-6,8-11,16-17,22,25-27,36-37H,12-15,18-21H2. The second kappa shape index (κ2) is 10.4. The summed E-state index contributed by atoms with van der Waals surface area (Å²) >= 11 is 0. The van der Waals surface area contributed by atoms with Gasteiger partial charge in [0.1, 0.15) is 6.61 Å². The number of hydroxylamine groups is 2. The summed E-state index contributed by atoms with van der Waals surface area (Å²) in [5.74, 6) is 8.19. The van der Waals surface area contributed by atoms with Gasteiger partial charge in [-0.3, -0.25) is 20.3 Å². The first-order valence-corrected chi connectivity index (χ1v) is 13.6. The maximum Gasteiger partial charge on any atom is 0.182 e. The van der Waals surface area contributed by atoms with Gasteiger partial charge in [-0.2, -0.15) is 0 Å². The van der Waals surface area contributed by atoms with Gasteiger partial charge in [0.05, 0.1) is 6.54 Å². The van der Waals surface area contributed by atoms with Gasteiger partial charge in [0.25, 0.3) is 0 Å². The van der Waals surface area contributed by atoms with Crippen LogP contribution in [0.1, 0.15) is 49.7 Å². The van der Waals surface area contributed by atoms with Crippen LogP contribution in [0.4, 0.5) is 0 Å². The molecule has 5 aliphatic carbocycles. The van der Waals surface area contributed by atoms with Crippen LogP contribution in [0.2, 0.25) is 0 Å². The van der Waals surface area contributed by atoms with Gasteiger partial charge < -0.3 is 0 Å². The van der Waals surface area contributed by atoms with Gasteiger partial charge in [-0.05, 0) is 102 Å². The fourth-order valence-electron chi connectivity index (χ4n) is 7.71. The van der Waals surface area contributed by atoms with E-state index in [4.69, 9.17) is 5.26 Å². The molecule has 2 aromatic carbocycles. The molecule has 0 spiro atoms. The zero-order chi connectivity index (χ0) is 26.1. The second-order valence-electron chi connectivity index (χ2n) is 11.5. The number of carbonyl (C=O) groups excluding carboxylic acids is 1. The Hall–Kier alpha value is -3.43. The Balaban J connectivity index is 1.44. The molecule has 0 saturated heterocycles. The fraction of sp³-hybridized carbons (Fsp3) is 0.364. The Morgan fingerprint density at radius 3 is 2.39 bits per heavy atom. The summed E-state index contributed by atoms with van der Waals surface area (Å²) in [5, 5.41) is 22.4. The molecule has 5 aliphatic rings. The van der Waals surface area contributed by atoms with Crippen molar-refractivity contribution in [3.63, 3.8) is 0 Å². The van der Waals surface area contributed by atoms with Gasteiger partial charge in [0, 0.05) is 22.6 Å². The van der Waals surface area contributed by atoms with Crippen molar-refractivity contribution >= 4 is 17.6 Å². The highest BCUT2D eigenvalue weighted by Crippen LogP contribution is 2.63. The highest BCUT2D eigenvalue weighted by molar-refractivity contribution is 6.10. The average Bonchev–Trinajstić information content (AvgIpc) is 2.89. The molecule has 0 aliphatic heterocycles. The molecule has 4 fully saturated rings. The fourth-order valence-corrected chi connectivity index (χ4v) is 7.71. The number of hydrogen-bond donors (Lipinski definition) is 2. The largest absolute Gasteiger partial charge is 0.290 e. The normalized spacial score (nSPS) is 29.2. The molecule has 5 heteroatoms. The van der Waals surface area contributed by atoms with Crippen molar-refractivity contribution in [3.8, 4) is 11.8 Å². The molecule has 2 aromatic rings. The van der Waals surface area contributed by atoms with Crippen LogP contribution in [0.15, 0.2) is 72.3 Å². The third-order valence-electron chi connectivity index (χ3n) is 8.80. The van der Waals surface area contributed by atoms with Crippen molar-refractivity contribution < 1.29 is 20.1 Å². The molecule has 4 bridgehead atoms. The van der Waals surface area contributed by atoms with E-state index >= 15 is 0 Å². The Labute approximate surface area is 223 Å². The lowest BCUT2D eigenvalue weighted by Crippen LogP contribution is -2.48. The van der Waals surface area contributed by atoms with E-state index in [0.717, 1.165) is 69.7 Å². The molecule has 0 atom stereocenters. The molecule has 0 aromatic heterocycles. The highest BCUT2D eigenvalue weighted by atomic mass is 17.1. The minimum Gasteiger partial charge on any atom is -0.290 e. The lowest BCUT2D eigenvalue weighted by molar-refractivity contribution is -0.229. The second-order valence-corrected chi connectivity index (χ2v) is 11.5. The lowest BCUT2D eigenvalue weighted by atomic mass is 9.47. The minimum absolute atomic E-state index is 0.0117. The van der Waals surface area contributed by atoms with Gasteiger partial charge in [0.2, 0.25) is 0 Å². The Morgan fingerprint density at radius 2 is 1.71 bits per heavy atom. The average molecular weight is 508 g/mol. The quantitative estimate of drug-likeness (QED) is 0.352. The van der Waals surface area contributed by atoms with E-state index in [9.17, 15) is 10.0 Å². The van der Waals surface area contributed by atoms with Gasteiger partial charge in [0.15, 0.2) is 5.78 Å². The summed E-state index contributed by atoms with van der Waals surface area (Å²) in [6.07, 6.45) is 14.9. The first-order chi connectivity index (χ1) is 18.5. The Morgan fingerprint density at radius 1 is 1.00 bits per heavy atom. The number of rotatable bonds is 5. The monoisotopic (exact) mass is 507 g/mol. The molecule has 0 radical (unpaired) electrons. The van der Waals surface area contributed by atoms with Crippen molar-refractivity contribution in [1.82, 2.24) is 5.06 Å². The Bertz CT molecular complexity index is 1440. The first-order valence-electron chi connectivity index (χ1n) is 13.6. The number of carbonyl (C=O) groups is 1. The van der Waals surface area contributed by atoms with Crippen LogP contribution in [0.5, 0.6) is 0 Å². The predicted octanol–water partition coefficient (Wildman–Crippen LogP) is 4.59. The molecule has 4 saturated carbocycles. The van der Waals surface area contributed by atoms with Crippen molar-refractivity contribution in [3.05, 3.63) is 93.9 Å². The topological polar surface area (TPSA) is 70.0 Å².